The zero-order chi connectivity index (χ0) is 17.6. The molecule has 0 N–H and O–H groups in total. The van der Waals surface area contributed by atoms with Crippen LogP contribution in [-0.4, -0.2) is 25.0 Å². The van der Waals surface area contributed by atoms with Gasteiger partial charge in [-0.25, -0.2) is 14.6 Å². The molecule has 4 heterocycles. The fourth-order valence-corrected chi connectivity index (χ4v) is 2.58. The van der Waals surface area contributed by atoms with Crippen LogP contribution in [0.3, 0.4) is 0 Å². The first-order valence-electron chi connectivity index (χ1n) is 7.49. The summed E-state index contributed by atoms with van der Waals surface area (Å²) in [6.07, 6.45) is 2.73. The van der Waals surface area contributed by atoms with Crippen molar-refractivity contribution in [3.8, 4) is 17.1 Å². The first-order chi connectivity index (χ1) is 12.1. The van der Waals surface area contributed by atoms with Crippen molar-refractivity contribution < 1.29 is 8.81 Å². The molecule has 0 amide bonds. The van der Waals surface area contributed by atoms with Crippen molar-refractivity contribution in [3.05, 3.63) is 64.2 Å². The van der Waals surface area contributed by atoms with Gasteiger partial charge in [0.2, 0.25) is 11.7 Å². The van der Waals surface area contributed by atoms with E-state index in [0.717, 1.165) is 0 Å². The Morgan fingerprint density at radius 1 is 1.20 bits per heavy atom. The minimum absolute atomic E-state index is 0.127. The molecule has 124 valence electrons. The van der Waals surface area contributed by atoms with Gasteiger partial charge in [0.1, 0.15) is 11.4 Å². The van der Waals surface area contributed by atoms with Crippen molar-refractivity contribution in [3.63, 3.8) is 0 Å². The fourth-order valence-electron chi connectivity index (χ4n) is 2.58. The standard InChI is InChI=1S/C17H12FN5O2/c1-9-8-25-17-11(15(9)24)5-6-12(20-17)14-10(2)23(22-21-14)13-4-3-7-19-16(13)18/h3-8H,1-2H3. The molecule has 0 aliphatic heterocycles. The highest BCUT2D eigenvalue weighted by atomic mass is 19.1. The van der Waals surface area contributed by atoms with Gasteiger partial charge >= 0.3 is 0 Å². The highest BCUT2D eigenvalue weighted by Gasteiger charge is 2.17. The Kier molecular flexibility index (Phi) is 3.38. The van der Waals surface area contributed by atoms with Crippen molar-refractivity contribution >= 4 is 11.1 Å². The smallest absolute Gasteiger partial charge is 0.238 e. The molecule has 0 bridgehead atoms. The van der Waals surface area contributed by atoms with Gasteiger partial charge in [-0.1, -0.05) is 5.21 Å². The predicted octanol–water partition coefficient (Wildman–Crippen LogP) is 2.59. The molecule has 4 aromatic heterocycles. The highest BCUT2D eigenvalue weighted by Crippen LogP contribution is 2.23. The van der Waals surface area contributed by atoms with Gasteiger partial charge in [-0.15, -0.1) is 5.10 Å². The average Bonchev–Trinajstić information content (AvgIpc) is 3.00. The van der Waals surface area contributed by atoms with Crippen molar-refractivity contribution in [2.24, 2.45) is 0 Å². The van der Waals surface area contributed by atoms with Crippen LogP contribution in [0, 0.1) is 19.8 Å². The summed E-state index contributed by atoms with van der Waals surface area (Å²) in [6, 6.07) is 6.48. The van der Waals surface area contributed by atoms with E-state index < -0.39 is 5.95 Å². The number of nitrogens with zero attached hydrogens (tertiary/aromatic N) is 5. The highest BCUT2D eigenvalue weighted by molar-refractivity contribution is 5.76. The van der Waals surface area contributed by atoms with Gasteiger partial charge in [0.05, 0.1) is 23.0 Å². The van der Waals surface area contributed by atoms with Crippen molar-refractivity contribution in [2.75, 3.05) is 0 Å². The van der Waals surface area contributed by atoms with Gasteiger partial charge in [0.15, 0.2) is 5.43 Å². The largest absolute Gasteiger partial charge is 0.446 e. The van der Waals surface area contributed by atoms with Crippen LogP contribution in [-0.2, 0) is 0 Å². The maximum absolute atomic E-state index is 13.9. The van der Waals surface area contributed by atoms with E-state index in [4.69, 9.17) is 4.42 Å². The number of halogens is 1. The van der Waals surface area contributed by atoms with Crippen LogP contribution in [0.25, 0.3) is 28.2 Å². The molecule has 0 aromatic carbocycles. The molecule has 25 heavy (non-hydrogen) atoms. The lowest BCUT2D eigenvalue weighted by atomic mass is 10.2. The number of rotatable bonds is 2. The molecular formula is C17H12FN5O2. The van der Waals surface area contributed by atoms with Gasteiger partial charge in [-0.2, -0.15) is 4.39 Å². The molecule has 8 heteroatoms. The van der Waals surface area contributed by atoms with Crippen molar-refractivity contribution in [2.45, 2.75) is 13.8 Å². The molecule has 0 aliphatic carbocycles. The number of aryl methyl sites for hydroxylation is 1. The van der Waals surface area contributed by atoms with Gasteiger partial charge in [0.25, 0.3) is 0 Å². The third-order valence-electron chi connectivity index (χ3n) is 3.92. The Morgan fingerprint density at radius 2 is 2.04 bits per heavy atom. The number of hydrogen-bond acceptors (Lipinski definition) is 6. The molecule has 0 saturated heterocycles. The fraction of sp³-hybridized carbons (Fsp3) is 0.118. The Morgan fingerprint density at radius 3 is 2.84 bits per heavy atom. The van der Waals surface area contributed by atoms with E-state index >= 15 is 0 Å². The monoisotopic (exact) mass is 337 g/mol. The van der Waals surface area contributed by atoms with Gasteiger partial charge in [-0.05, 0) is 38.1 Å². The summed E-state index contributed by atoms with van der Waals surface area (Å²) < 4.78 is 20.6. The average molecular weight is 337 g/mol. The number of aromatic nitrogens is 5. The topological polar surface area (TPSA) is 86.7 Å². The summed E-state index contributed by atoms with van der Waals surface area (Å²) in [5.74, 6) is -0.644. The molecule has 4 aromatic rings. The van der Waals surface area contributed by atoms with E-state index in [1.807, 2.05) is 0 Å². The molecule has 0 aliphatic rings. The number of pyridine rings is 2. The maximum atomic E-state index is 13.9. The third kappa shape index (κ3) is 2.38. The SMILES string of the molecule is Cc1coc2nc(-c3nnn(-c4cccnc4F)c3C)ccc2c1=O. The zero-order valence-electron chi connectivity index (χ0n) is 13.4. The molecule has 0 radical (unpaired) electrons. The summed E-state index contributed by atoms with van der Waals surface area (Å²) in [6.45, 7) is 3.43. The predicted molar refractivity (Wildman–Crippen MR) is 87.9 cm³/mol. The van der Waals surface area contributed by atoms with Gasteiger partial charge in [-0.3, -0.25) is 4.79 Å². The van der Waals surface area contributed by atoms with Crippen LogP contribution in [0.4, 0.5) is 4.39 Å². The Bertz CT molecular complexity index is 1170. The van der Waals surface area contributed by atoms with Crippen LogP contribution in [0.5, 0.6) is 0 Å². The zero-order valence-corrected chi connectivity index (χ0v) is 13.4. The third-order valence-corrected chi connectivity index (χ3v) is 3.92. The van der Waals surface area contributed by atoms with Gasteiger partial charge < -0.3 is 4.42 Å². The first kappa shape index (κ1) is 15.1. The first-order valence-corrected chi connectivity index (χ1v) is 7.49. The number of fused-ring (bicyclic) bond motifs is 1. The second-order valence-corrected chi connectivity index (χ2v) is 5.55. The lowest BCUT2D eigenvalue weighted by molar-refractivity contribution is 0.564. The lowest BCUT2D eigenvalue weighted by Crippen LogP contribution is -2.05. The van der Waals surface area contributed by atoms with Crippen LogP contribution in [0.15, 0.2) is 45.9 Å². The second kappa shape index (κ2) is 5.59. The van der Waals surface area contributed by atoms with Crippen LogP contribution >= 0.6 is 0 Å². The molecular weight excluding hydrogens is 325 g/mol. The number of hydrogen-bond donors (Lipinski definition) is 0. The summed E-state index contributed by atoms with van der Waals surface area (Å²) in [5.41, 5.74) is 2.33. The molecule has 4 rings (SSSR count). The van der Waals surface area contributed by atoms with Crippen LogP contribution in [0.1, 0.15) is 11.3 Å². The normalized spacial score (nSPS) is 11.2. The van der Waals surface area contributed by atoms with E-state index in [1.54, 1.807) is 38.1 Å². The Balaban J connectivity index is 1.86. The minimum Gasteiger partial charge on any atom is -0.446 e. The van der Waals surface area contributed by atoms with E-state index in [0.29, 0.717) is 28.0 Å². The quantitative estimate of drug-likeness (QED) is 0.523. The Hall–Kier alpha value is -3.42. The van der Waals surface area contributed by atoms with E-state index in [2.05, 4.69) is 20.3 Å². The minimum atomic E-state index is -0.644. The van der Waals surface area contributed by atoms with E-state index in [-0.39, 0.29) is 16.8 Å². The Labute approximate surface area is 140 Å². The molecule has 0 saturated carbocycles. The van der Waals surface area contributed by atoms with Crippen LogP contribution in [0.2, 0.25) is 0 Å². The summed E-state index contributed by atoms with van der Waals surface area (Å²) in [7, 11) is 0. The van der Waals surface area contributed by atoms with Crippen LogP contribution < -0.4 is 5.43 Å². The molecule has 7 nitrogen and oxygen atoms in total. The summed E-state index contributed by atoms with van der Waals surface area (Å²) in [4.78, 5) is 20.1. The van der Waals surface area contributed by atoms with Gasteiger partial charge in [0, 0.05) is 11.8 Å². The molecule has 0 atom stereocenters. The van der Waals surface area contributed by atoms with E-state index in [9.17, 15) is 9.18 Å². The molecule has 0 fully saturated rings. The maximum Gasteiger partial charge on any atom is 0.238 e. The van der Waals surface area contributed by atoms with Crippen molar-refractivity contribution in [1.29, 1.82) is 0 Å². The lowest BCUT2D eigenvalue weighted by Gasteiger charge is -2.04. The summed E-state index contributed by atoms with van der Waals surface area (Å²) in [5, 5.41) is 8.47. The molecule has 0 unspecified atom stereocenters. The second-order valence-electron chi connectivity index (χ2n) is 5.55. The molecule has 0 spiro atoms. The van der Waals surface area contributed by atoms with E-state index in [1.165, 1.54) is 17.1 Å². The van der Waals surface area contributed by atoms with Crippen molar-refractivity contribution in [1.82, 2.24) is 25.0 Å². The summed E-state index contributed by atoms with van der Waals surface area (Å²) >= 11 is 0.